The van der Waals surface area contributed by atoms with Crippen molar-refractivity contribution in [1.82, 2.24) is 4.57 Å². The summed E-state index contributed by atoms with van der Waals surface area (Å²) in [6.45, 7) is 9.75. The first-order valence-corrected chi connectivity index (χ1v) is 22.1. The maximum Gasteiger partial charge on any atom is 0.242 e. The summed E-state index contributed by atoms with van der Waals surface area (Å²) in [5.41, 5.74) is 26.3. The van der Waals surface area contributed by atoms with E-state index in [4.69, 9.17) is 0 Å². The number of para-hydroxylation sites is 2. The third-order valence-corrected chi connectivity index (χ3v) is 14.9. The zero-order chi connectivity index (χ0) is 41.5. The van der Waals surface area contributed by atoms with E-state index in [1.165, 1.54) is 122 Å². The smallest absolute Gasteiger partial charge is 0.242 e. The van der Waals surface area contributed by atoms with Gasteiger partial charge in [-0.15, -0.1) is 0 Å². The fourth-order valence-corrected chi connectivity index (χ4v) is 11.8. The van der Waals surface area contributed by atoms with E-state index in [9.17, 15) is 0 Å². The van der Waals surface area contributed by atoms with Crippen LogP contribution in [0.5, 0.6) is 0 Å². The molecule has 0 unspecified atom stereocenters. The minimum atomic E-state index is -0.0940. The third kappa shape index (κ3) is 4.87. The first kappa shape index (κ1) is 35.6. The molecule has 62 heavy (non-hydrogen) atoms. The lowest BCUT2D eigenvalue weighted by Crippen LogP contribution is -2.48. The summed E-state index contributed by atoms with van der Waals surface area (Å²) in [7, 11) is 0. The topological polar surface area (TPSA) is 4.93 Å². The molecule has 292 valence electrons. The number of hydrogen-bond acceptors (Lipinski definition) is 0. The largest absolute Gasteiger partial charge is 0.309 e. The van der Waals surface area contributed by atoms with Gasteiger partial charge in [-0.2, -0.15) is 0 Å². The van der Waals surface area contributed by atoms with Crippen LogP contribution in [0.15, 0.2) is 194 Å². The SMILES string of the molecule is CC1(C)c2ccc(B3c4ccccc4-c4ccccc43)cc2-c2cc(-c3cccc(-c4ccc5c(c4)-c4cc(-n6c7ccccc7c7ccccc76)ccc4C5(C)C)c3)ccc21. The van der Waals surface area contributed by atoms with Gasteiger partial charge in [-0.05, 0) is 120 Å². The molecule has 0 fully saturated rings. The highest BCUT2D eigenvalue weighted by Crippen LogP contribution is 2.52. The molecule has 0 radical (unpaired) electrons. The molecule has 9 aromatic carbocycles. The van der Waals surface area contributed by atoms with Crippen LogP contribution in [-0.4, -0.2) is 11.3 Å². The number of hydrogen-bond donors (Lipinski definition) is 0. The molecule has 2 aliphatic carbocycles. The predicted octanol–water partition coefficient (Wildman–Crippen LogP) is 13.2. The Bertz CT molecular complexity index is 3440. The molecule has 0 N–H and O–H groups in total. The average molecular weight is 790 g/mol. The Morgan fingerprint density at radius 2 is 0.774 bits per heavy atom. The number of nitrogens with zero attached hydrogens (tertiary/aromatic N) is 1. The van der Waals surface area contributed by atoms with Crippen LogP contribution in [0.25, 0.3) is 83.1 Å². The number of benzene rings is 9. The van der Waals surface area contributed by atoms with Crippen LogP contribution in [0, 0.1) is 0 Å². The van der Waals surface area contributed by atoms with Crippen molar-refractivity contribution in [1.29, 1.82) is 0 Å². The molecule has 2 heterocycles. The molecule has 1 nitrogen and oxygen atoms in total. The molecular formula is C60H44BN. The summed E-state index contributed by atoms with van der Waals surface area (Å²) in [6, 6.07) is 73.5. The highest BCUT2D eigenvalue weighted by atomic mass is 15.0. The van der Waals surface area contributed by atoms with Crippen molar-refractivity contribution >= 4 is 44.9 Å². The van der Waals surface area contributed by atoms with Gasteiger partial charge in [-0.1, -0.05) is 196 Å². The van der Waals surface area contributed by atoms with Crippen LogP contribution in [0.4, 0.5) is 0 Å². The quantitative estimate of drug-likeness (QED) is 0.157. The summed E-state index contributed by atoms with van der Waals surface area (Å²) < 4.78 is 2.44. The second kappa shape index (κ2) is 12.7. The van der Waals surface area contributed by atoms with Crippen LogP contribution in [0.3, 0.4) is 0 Å². The van der Waals surface area contributed by atoms with Crippen molar-refractivity contribution in [2.24, 2.45) is 0 Å². The molecule has 0 saturated heterocycles. The number of aromatic nitrogens is 1. The Balaban J connectivity index is 0.890. The first-order chi connectivity index (χ1) is 30.3. The molecule has 2 heteroatoms. The minimum Gasteiger partial charge on any atom is -0.309 e. The molecule has 3 aliphatic rings. The highest BCUT2D eigenvalue weighted by molar-refractivity contribution is 6.99. The highest BCUT2D eigenvalue weighted by Gasteiger charge is 2.39. The van der Waals surface area contributed by atoms with Crippen LogP contribution >= 0.6 is 0 Å². The number of fused-ring (bicyclic) bond motifs is 12. The lowest BCUT2D eigenvalue weighted by atomic mass is 9.39. The van der Waals surface area contributed by atoms with Crippen LogP contribution in [0.1, 0.15) is 49.9 Å². The van der Waals surface area contributed by atoms with E-state index in [0.717, 1.165) is 0 Å². The van der Waals surface area contributed by atoms with Crippen LogP contribution < -0.4 is 16.4 Å². The van der Waals surface area contributed by atoms with Gasteiger partial charge < -0.3 is 4.57 Å². The van der Waals surface area contributed by atoms with E-state index in [0.29, 0.717) is 0 Å². The lowest BCUT2D eigenvalue weighted by Gasteiger charge is -2.22. The maximum atomic E-state index is 2.50. The normalized spacial score (nSPS) is 14.7. The molecule has 0 spiro atoms. The number of rotatable bonds is 4. The van der Waals surface area contributed by atoms with Crippen molar-refractivity contribution < 1.29 is 0 Å². The standard InChI is InChI=1S/C60H44BN/c1-59(2)51-28-24-39(33-47(51)49-35-41(26-30-53(49)59)61-55-20-9-5-16-43(55)44-17-6-10-21-56(44)61)37-14-13-15-38(32-37)40-25-29-52-48(34-40)50-36-42(27-31-54(50)60(52,3)4)62-57-22-11-7-18-45(57)46-19-8-12-23-58(46)62/h5-36H,1-4H3. The summed E-state index contributed by atoms with van der Waals surface area (Å²) in [5.74, 6) is 0. The summed E-state index contributed by atoms with van der Waals surface area (Å²) >= 11 is 0. The summed E-state index contributed by atoms with van der Waals surface area (Å²) in [4.78, 5) is 0. The van der Waals surface area contributed by atoms with Crippen LogP contribution in [0.2, 0.25) is 0 Å². The fraction of sp³-hybridized carbons (Fsp3) is 0.100. The van der Waals surface area contributed by atoms with Gasteiger partial charge >= 0.3 is 0 Å². The van der Waals surface area contributed by atoms with Gasteiger partial charge in [-0.25, -0.2) is 0 Å². The third-order valence-electron chi connectivity index (χ3n) is 14.9. The predicted molar refractivity (Wildman–Crippen MR) is 263 cm³/mol. The molecule has 0 amide bonds. The minimum absolute atomic E-state index is 0.0784. The van der Waals surface area contributed by atoms with Crippen LogP contribution in [-0.2, 0) is 10.8 Å². The molecule has 1 aliphatic heterocycles. The Morgan fingerprint density at radius 1 is 0.339 bits per heavy atom. The van der Waals surface area contributed by atoms with E-state index in [1.807, 2.05) is 0 Å². The van der Waals surface area contributed by atoms with Gasteiger partial charge in [0.2, 0.25) is 6.71 Å². The molecule has 10 aromatic rings. The monoisotopic (exact) mass is 789 g/mol. The molecular weight excluding hydrogens is 745 g/mol. The van der Waals surface area contributed by atoms with Gasteiger partial charge in [0.25, 0.3) is 0 Å². The summed E-state index contributed by atoms with van der Waals surface area (Å²) in [5, 5.41) is 2.57. The second-order valence-corrected chi connectivity index (χ2v) is 18.9. The maximum absolute atomic E-state index is 2.50. The summed E-state index contributed by atoms with van der Waals surface area (Å²) in [6.07, 6.45) is 0. The van der Waals surface area contributed by atoms with Crippen molar-refractivity contribution in [2.75, 3.05) is 0 Å². The molecule has 1 aromatic heterocycles. The van der Waals surface area contributed by atoms with E-state index < -0.39 is 0 Å². The molecule has 0 bridgehead atoms. The lowest BCUT2D eigenvalue weighted by molar-refractivity contribution is 0.660. The van der Waals surface area contributed by atoms with Gasteiger partial charge in [0, 0.05) is 27.3 Å². The van der Waals surface area contributed by atoms with E-state index in [1.54, 1.807) is 0 Å². The van der Waals surface area contributed by atoms with Gasteiger partial charge in [0.15, 0.2) is 0 Å². The second-order valence-electron chi connectivity index (χ2n) is 18.9. The Morgan fingerprint density at radius 3 is 1.34 bits per heavy atom. The molecule has 0 atom stereocenters. The fourth-order valence-electron chi connectivity index (χ4n) is 11.8. The van der Waals surface area contributed by atoms with E-state index >= 15 is 0 Å². The van der Waals surface area contributed by atoms with E-state index in [2.05, 4.69) is 226 Å². The van der Waals surface area contributed by atoms with Crippen molar-refractivity contribution in [2.45, 2.75) is 38.5 Å². The Labute approximate surface area is 364 Å². The van der Waals surface area contributed by atoms with Crippen molar-refractivity contribution in [3.8, 4) is 61.3 Å². The first-order valence-electron chi connectivity index (χ1n) is 22.1. The molecule has 13 rings (SSSR count). The average Bonchev–Trinajstić information content (AvgIpc) is 3.97. The van der Waals surface area contributed by atoms with Gasteiger partial charge in [-0.3, -0.25) is 0 Å². The molecule has 0 saturated carbocycles. The van der Waals surface area contributed by atoms with E-state index in [-0.39, 0.29) is 17.5 Å². The zero-order valence-corrected chi connectivity index (χ0v) is 35.5. The van der Waals surface area contributed by atoms with Gasteiger partial charge in [0.1, 0.15) is 0 Å². The van der Waals surface area contributed by atoms with Crippen molar-refractivity contribution in [3.05, 3.63) is 216 Å². The Kier molecular flexibility index (Phi) is 7.29. The Hall–Kier alpha value is -7.16. The zero-order valence-electron chi connectivity index (χ0n) is 35.5. The van der Waals surface area contributed by atoms with Crippen molar-refractivity contribution in [3.63, 3.8) is 0 Å². The van der Waals surface area contributed by atoms with Gasteiger partial charge in [0.05, 0.1) is 11.0 Å².